The molecule has 2 unspecified atom stereocenters. The lowest BCUT2D eigenvalue weighted by atomic mass is 10.3. The molecule has 1 aliphatic rings. The second-order valence-electron chi connectivity index (χ2n) is 4.27. The molecule has 0 aromatic heterocycles. The van der Waals surface area contributed by atoms with E-state index < -0.39 is 0 Å². The molecule has 1 aliphatic heterocycles. The quantitative estimate of drug-likeness (QED) is 0.665. The Hall–Kier alpha value is 0.190. The molecule has 0 spiro atoms. The number of hydrogen-bond acceptors (Lipinski definition) is 5. The van der Waals surface area contributed by atoms with E-state index in [4.69, 9.17) is 4.74 Å². The van der Waals surface area contributed by atoms with Gasteiger partial charge in [-0.2, -0.15) is 11.8 Å². The van der Waals surface area contributed by atoms with Gasteiger partial charge in [0.25, 0.3) is 0 Å². The molecule has 5 heteroatoms. The molecule has 1 fully saturated rings. The Morgan fingerprint density at radius 2 is 2.06 bits per heavy atom. The van der Waals surface area contributed by atoms with E-state index in [1.165, 1.54) is 0 Å². The third-order valence-corrected chi connectivity index (χ3v) is 3.76. The summed E-state index contributed by atoms with van der Waals surface area (Å²) in [6.45, 7) is 8.06. The molecule has 4 nitrogen and oxygen atoms in total. The summed E-state index contributed by atoms with van der Waals surface area (Å²) in [6.07, 6.45) is 1.84. The zero-order valence-corrected chi connectivity index (χ0v) is 11.1. The van der Waals surface area contributed by atoms with E-state index in [1.807, 2.05) is 11.8 Å². The van der Waals surface area contributed by atoms with Crippen molar-refractivity contribution in [2.24, 2.45) is 0 Å². The predicted octanol–water partition coefficient (Wildman–Crippen LogP) is 0.0206. The lowest BCUT2D eigenvalue weighted by molar-refractivity contribution is 0.0150. The van der Waals surface area contributed by atoms with Crippen LogP contribution >= 0.6 is 11.8 Å². The monoisotopic (exact) mass is 248 g/mol. The van der Waals surface area contributed by atoms with Crippen LogP contribution in [0.25, 0.3) is 0 Å². The van der Waals surface area contributed by atoms with Crippen LogP contribution in [0.1, 0.15) is 6.92 Å². The van der Waals surface area contributed by atoms with E-state index in [2.05, 4.69) is 23.4 Å². The second kappa shape index (κ2) is 8.31. The van der Waals surface area contributed by atoms with Crippen LogP contribution in [0, 0.1) is 0 Å². The summed E-state index contributed by atoms with van der Waals surface area (Å²) in [6, 6.07) is 0. The van der Waals surface area contributed by atoms with Crippen molar-refractivity contribution in [3.63, 3.8) is 0 Å². The van der Waals surface area contributed by atoms with Crippen molar-refractivity contribution in [3.8, 4) is 0 Å². The van der Waals surface area contributed by atoms with E-state index in [0.717, 1.165) is 39.4 Å². The van der Waals surface area contributed by atoms with E-state index >= 15 is 0 Å². The minimum atomic E-state index is -0.271. The van der Waals surface area contributed by atoms with Gasteiger partial charge in [0, 0.05) is 38.0 Å². The molecule has 96 valence electrons. The highest BCUT2D eigenvalue weighted by Gasteiger charge is 2.14. The van der Waals surface area contributed by atoms with Gasteiger partial charge in [-0.1, -0.05) is 6.92 Å². The maximum Gasteiger partial charge on any atom is 0.0791 e. The fourth-order valence-corrected chi connectivity index (χ4v) is 1.97. The fraction of sp³-hybridized carbons (Fsp3) is 1.00. The van der Waals surface area contributed by atoms with Gasteiger partial charge in [-0.25, -0.2) is 0 Å². The van der Waals surface area contributed by atoms with E-state index in [1.54, 1.807) is 0 Å². The first-order valence-electron chi connectivity index (χ1n) is 5.94. The molecule has 0 bridgehead atoms. The SMILES string of the molecule is CSC(C)CNCC(O)CN1CCOCC1. The average Bonchev–Trinajstić information content (AvgIpc) is 2.30. The summed E-state index contributed by atoms with van der Waals surface area (Å²) in [5.74, 6) is 0. The minimum absolute atomic E-state index is 0.271. The summed E-state index contributed by atoms with van der Waals surface area (Å²) in [5, 5.41) is 13.7. The topological polar surface area (TPSA) is 44.7 Å². The van der Waals surface area contributed by atoms with Gasteiger partial charge in [0.15, 0.2) is 0 Å². The summed E-state index contributed by atoms with van der Waals surface area (Å²) >= 11 is 1.84. The first kappa shape index (κ1) is 14.3. The normalized spacial score (nSPS) is 21.9. The average molecular weight is 248 g/mol. The second-order valence-corrected chi connectivity index (χ2v) is 5.55. The van der Waals surface area contributed by atoms with Crippen LogP contribution in [0.15, 0.2) is 0 Å². The van der Waals surface area contributed by atoms with Crippen LogP contribution in [-0.4, -0.2) is 73.6 Å². The molecule has 0 aromatic carbocycles. The molecule has 0 saturated carbocycles. The lowest BCUT2D eigenvalue weighted by Gasteiger charge is -2.28. The number of nitrogens with one attached hydrogen (secondary N) is 1. The van der Waals surface area contributed by atoms with Gasteiger partial charge < -0.3 is 15.2 Å². The summed E-state index contributed by atoms with van der Waals surface area (Å²) in [4.78, 5) is 2.26. The van der Waals surface area contributed by atoms with Gasteiger partial charge in [0.1, 0.15) is 0 Å². The first-order chi connectivity index (χ1) is 7.72. The lowest BCUT2D eigenvalue weighted by Crippen LogP contribution is -2.44. The van der Waals surface area contributed by atoms with Crippen molar-refractivity contribution >= 4 is 11.8 Å². The zero-order chi connectivity index (χ0) is 11.8. The molecule has 2 N–H and O–H groups in total. The third kappa shape index (κ3) is 6.06. The summed E-state index contributed by atoms with van der Waals surface area (Å²) in [7, 11) is 0. The van der Waals surface area contributed by atoms with Crippen LogP contribution in [0.3, 0.4) is 0 Å². The largest absolute Gasteiger partial charge is 0.390 e. The van der Waals surface area contributed by atoms with Crippen molar-refractivity contribution in [1.82, 2.24) is 10.2 Å². The molecule has 2 atom stereocenters. The van der Waals surface area contributed by atoms with Gasteiger partial charge in [-0.05, 0) is 6.26 Å². The Morgan fingerprint density at radius 1 is 1.38 bits per heavy atom. The standard InChI is InChI=1S/C11H24N2O2S/c1-10(16-2)7-12-8-11(14)9-13-3-5-15-6-4-13/h10-12,14H,3-9H2,1-2H3. The Morgan fingerprint density at radius 3 is 2.69 bits per heavy atom. The van der Waals surface area contributed by atoms with E-state index in [0.29, 0.717) is 11.8 Å². The number of hydrogen-bond donors (Lipinski definition) is 2. The van der Waals surface area contributed by atoms with Crippen molar-refractivity contribution in [3.05, 3.63) is 0 Å². The van der Waals surface area contributed by atoms with Crippen molar-refractivity contribution < 1.29 is 9.84 Å². The first-order valence-corrected chi connectivity index (χ1v) is 7.23. The smallest absolute Gasteiger partial charge is 0.0791 e. The van der Waals surface area contributed by atoms with Crippen molar-refractivity contribution in [2.75, 3.05) is 52.2 Å². The molecule has 1 rings (SSSR count). The van der Waals surface area contributed by atoms with E-state index in [-0.39, 0.29) is 6.10 Å². The van der Waals surface area contributed by atoms with Crippen molar-refractivity contribution in [2.45, 2.75) is 18.3 Å². The number of ether oxygens (including phenoxy) is 1. The van der Waals surface area contributed by atoms with Gasteiger partial charge >= 0.3 is 0 Å². The van der Waals surface area contributed by atoms with Crippen LogP contribution in [-0.2, 0) is 4.74 Å². The molecular formula is C11H24N2O2S. The van der Waals surface area contributed by atoms with Crippen LogP contribution in [0.4, 0.5) is 0 Å². The molecule has 0 radical (unpaired) electrons. The molecule has 0 aromatic rings. The van der Waals surface area contributed by atoms with Gasteiger partial charge in [-0.15, -0.1) is 0 Å². The minimum Gasteiger partial charge on any atom is -0.390 e. The number of aliphatic hydroxyl groups is 1. The number of nitrogens with zero attached hydrogens (tertiary/aromatic N) is 1. The fourth-order valence-electron chi connectivity index (χ4n) is 1.68. The van der Waals surface area contributed by atoms with Gasteiger partial charge in [-0.3, -0.25) is 4.90 Å². The molecular weight excluding hydrogens is 224 g/mol. The molecule has 0 aliphatic carbocycles. The van der Waals surface area contributed by atoms with Crippen LogP contribution in [0.5, 0.6) is 0 Å². The summed E-state index contributed by atoms with van der Waals surface area (Å²) < 4.78 is 5.27. The summed E-state index contributed by atoms with van der Waals surface area (Å²) in [5.41, 5.74) is 0. The maximum atomic E-state index is 9.84. The number of thioether (sulfide) groups is 1. The third-order valence-electron chi connectivity index (χ3n) is 2.79. The highest BCUT2D eigenvalue weighted by Crippen LogP contribution is 2.02. The van der Waals surface area contributed by atoms with Crippen LogP contribution < -0.4 is 5.32 Å². The van der Waals surface area contributed by atoms with Crippen LogP contribution in [0.2, 0.25) is 0 Å². The Kier molecular flexibility index (Phi) is 7.40. The maximum absolute atomic E-state index is 9.84. The Labute approximate surface area is 103 Å². The highest BCUT2D eigenvalue weighted by molar-refractivity contribution is 7.99. The number of rotatable bonds is 7. The van der Waals surface area contributed by atoms with E-state index in [9.17, 15) is 5.11 Å². The molecule has 0 amide bonds. The number of morpholine rings is 1. The highest BCUT2D eigenvalue weighted by atomic mass is 32.2. The van der Waals surface area contributed by atoms with Gasteiger partial charge in [0.05, 0.1) is 19.3 Å². The van der Waals surface area contributed by atoms with Crippen molar-refractivity contribution in [1.29, 1.82) is 0 Å². The Bertz CT molecular complexity index is 177. The Balaban J connectivity index is 2.03. The van der Waals surface area contributed by atoms with Gasteiger partial charge in [0.2, 0.25) is 0 Å². The number of β-amino-alcohol motifs (C(OH)–C–C–N with tert-alkyl or cyclic N) is 1. The number of aliphatic hydroxyl groups excluding tert-OH is 1. The predicted molar refractivity (Wildman–Crippen MR) is 69.1 cm³/mol. The molecule has 1 saturated heterocycles. The molecule has 16 heavy (non-hydrogen) atoms. The zero-order valence-electron chi connectivity index (χ0n) is 10.3. The molecule has 1 heterocycles.